The summed E-state index contributed by atoms with van der Waals surface area (Å²) in [7, 11) is 1.85. The predicted molar refractivity (Wildman–Crippen MR) is 74.9 cm³/mol. The zero-order valence-electron chi connectivity index (χ0n) is 11.4. The second-order valence-electron chi connectivity index (χ2n) is 5.74. The molecule has 2 fully saturated rings. The maximum absolute atomic E-state index is 12.3. The van der Waals surface area contributed by atoms with Crippen molar-refractivity contribution < 1.29 is 4.79 Å². The Kier molecular flexibility index (Phi) is 3.22. The fourth-order valence-electron chi connectivity index (χ4n) is 3.47. The fourth-order valence-corrected chi connectivity index (χ4v) is 3.47. The molecule has 0 saturated carbocycles. The summed E-state index contributed by atoms with van der Waals surface area (Å²) in [6, 6.07) is 2.57. The van der Waals surface area contributed by atoms with Crippen LogP contribution >= 0.6 is 0 Å². The van der Waals surface area contributed by atoms with Crippen LogP contribution in [0.15, 0.2) is 12.3 Å². The fraction of sp³-hybridized carbons (Fsp3) is 0.643. The van der Waals surface area contributed by atoms with Gasteiger partial charge in [0.25, 0.3) is 5.91 Å². The highest BCUT2D eigenvalue weighted by Crippen LogP contribution is 2.27. The standard InChI is InChI=1S/C14H22N4O/c1-17-9-10(15)8-13(17)14(19)16-11-5-7-18-6-3-2-4-12(11)18/h8-9,11-12H,2-7,15H2,1H3,(H,16,19). The number of fused-ring (bicyclic) bond motifs is 1. The molecule has 2 atom stereocenters. The van der Waals surface area contributed by atoms with Crippen LogP contribution in [-0.4, -0.2) is 40.5 Å². The molecule has 1 aromatic heterocycles. The minimum Gasteiger partial charge on any atom is -0.397 e. The van der Waals surface area contributed by atoms with E-state index in [-0.39, 0.29) is 5.91 Å². The number of anilines is 1. The van der Waals surface area contributed by atoms with Gasteiger partial charge in [-0.3, -0.25) is 9.69 Å². The van der Waals surface area contributed by atoms with Crippen LogP contribution in [0.25, 0.3) is 0 Å². The molecule has 5 heteroatoms. The molecule has 2 aliphatic rings. The van der Waals surface area contributed by atoms with Crippen LogP contribution in [0.1, 0.15) is 36.2 Å². The van der Waals surface area contributed by atoms with E-state index in [9.17, 15) is 4.79 Å². The van der Waals surface area contributed by atoms with Crippen LogP contribution < -0.4 is 11.1 Å². The van der Waals surface area contributed by atoms with Crippen LogP contribution in [0.5, 0.6) is 0 Å². The zero-order valence-corrected chi connectivity index (χ0v) is 11.4. The lowest BCUT2D eigenvalue weighted by molar-refractivity contribution is 0.0907. The summed E-state index contributed by atoms with van der Waals surface area (Å²) in [6.45, 7) is 2.30. The Bertz CT molecular complexity index is 482. The molecule has 2 unspecified atom stereocenters. The SMILES string of the molecule is Cn1cc(N)cc1C(=O)NC1CCN2CCCCC12. The summed E-state index contributed by atoms with van der Waals surface area (Å²) in [5.74, 6) is -0.00313. The largest absolute Gasteiger partial charge is 0.397 e. The Morgan fingerprint density at radius 2 is 2.21 bits per heavy atom. The number of piperidine rings is 1. The number of nitrogens with one attached hydrogen (secondary N) is 1. The predicted octanol–water partition coefficient (Wildman–Crippen LogP) is 0.964. The van der Waals surface area contributed by atoms with E-state index >= 15 is 0 Å². The van der Waals surface area contributed by atoms with Gasteiger partial charge in [-0.25, -0.2) is 0 Å². The highest BCUT2D eigenvalue weighted by atomic mass is 16.2. The molecule has 1 amide bonds. The number of carbonyl (C=O) groups is 1. The van der Waals surface area contributed by atoms with Crippen molar-refractivity contribution in [3.8, 4) is 0 Å². The number of rotatable bonds is 2. The number of hydrogen-bond acceptors (Lipinski definition) is 3. The van der Waals surface area contributed by atoms with Gasteiger partial charge in [0.05, 0.1) is 5.69 Å². The molecule has 5 nitrogen and oxygen atoms in total. The summed E-state index contributed by atoms with van der Waals surface area (Å²) >= 11 is 0. The molecule has 3 heterocycles. The molecule has 19 heavy (non-hydrogen) atoms. The number of aryl methyl sites for hydroxylation is 1. The molecule has 0 radical (unpaired) electrons. The molecule has 3 N–H and O–H groups in total. The summed E-state index contributed by atoms with van der Waals surface area (Å²) in [4.78, 5) is 14.8. The van der Waals surface area contributed by atoms with E-state index in [0.29, 0.717) is 23.5 Å². The highest BCUT2D eigenvalue weighted by Gasteiger charge is 2.36. The second-order valence-corrected chi connectivity index (χ2v) is 5.74. The van der Waals surface area contributed by atoms with Crippen LogP contribution in [-0.2, 0) is 7.05 Å². The third kappa shape index (κ3) is 2.34. The first kappa shape index (κ1) is 12.5. The van der Waals surface area contributed by atoms with E-state index in [1.165, 1.54) is 25.8 Å². The first-order chi connectivity index (χ1) is 9.15. The number of amides is 1. The maximum Gasteiger partial charge on any atom is 0.268 e. The number of nitrogens with zero attached hydrogens (tertiary/aromatic N) is 2. The first-order valence-electron chi connectivity index (χ1n) is 7.12. The van der Waals surface area contributed by atoms with Gasteiger partial charge in [0.1, 0.15) is 5.69 Å². The van der Waals surface area contributed by atoms with Crippen LogP contribution in [0, 0.1) is 0 Å². The molecule has 1 aromatic rings. The smallest absolute Gasteiger partial charge is 0.268 e. The summed E-state index contributed by atoms with van der Waals surface area (Å²) in [5, 5.41) is 3.19. The van der Waals surface area contributed by atoms with Gasteiger partial charge in [-0.05, 0) is 31.9 Å². The number of nitrogens with two attached hydrogens (primary N) is 1. The van der Waals surface area contributed by atoms with Crippen molar-refractivity contribution in [2.75, 3.05) is 18.8 Å². The highest BCUT2D eigenvalue weighted by molar-refractivity contribution is 5.94. The topological polar surface area (TPSA) is 63.3 Å². The first-order valence-corrected chi connectivity index (χ1v) is 7.12. The third-order valence-electron chi connectivity index (χ3n) is 4.43. The van der Waals surface area contributed by atoms with Crippen LogP contribution in [0.2, 0.25) is 0 Å². The monoisotopic (exact) mass is 262 g/mol. The number of carbonyl (C=O) groups excluding carboxylic acids is 1. The van der Waals surface area contributed by atoms with Crippen molar-refractivity contribution in [3.63, 3.8) is 0 Å². The molecule has 2 saturated heterocycles. The number of nitrogen functional groups attached to an aromatic ring is 1. The number of hydrogen-bond donors (Lipinski definition) is 2. The van der Waals surface area contributed by atoms with Gasteiger partial charge in [-0.1, -0.05) is 6.42 Å². The Labute approximate surface area is 113 Å². The Morgan fingerprint density at radius 3 is 2.95 bits per heavy atom. The molecule has 0 bridgehead atoms. The number of aromatic nitrogens is 1. The average molecular weight is 262 g/mol. The van der Waals surface area contributed by atoms with Gasteiger partial charge in [-0.15, -0.1) is 0 Å². The van der Waals surface area contributed by atoms with E-state index in [0.717, 1.165) is 13.0 Å². The van der Waals surface area contributed by atoms with Crippen molar-refractivity contribution in [2.45, 2.75) is 37.8 Å². The molecular weight excluding hydrogens is 240 g/mol. The third-order valence-corrected chi connectivity index (χ3v) is 4.43. The van der Waals surface area contributed by atoms with Gasteiger partial charge in [0.2, 0.25) is 0 Å². The molecule has 104 valence electrons. The van der Waals surface area contributed by atoms with Gasteiger partial charge in [0, 0.05) is 31.9 Å². The molecule has 0 aliphatic carbocycles. The van der Waals surface area contributed by atoms with E-state index < -0.39 is 0 Å². The molecule has 2 aliphatic heterocycles. The quantitative estimate of drug-likeness (QED) is 0.834. The molecule has 0 aromatic carbocycles. The maximum atomic E-state index is 12.3. The minimum atomic E-state index is -0.00313. The van der Waals surface area contributed by atoms with Crippen molar-refractivity contribution in [1.82, 2.24) is 14.8 Å². The molecule has 3 rings (SSSR count). The van der Waals surface area contributed by atoms with Crippen molar-refractivity contribution in [2.24, 2.45) is 7.05 Å². The van der Waals surface area contributed by atoms with Crippen molar-refractivity contribution in [3.05, 3.63) is 18.0 Å². The van der Waals surface area contributed by atoms with E-state index in [1.807, 2.05) is 7.05 Å². The lowest BCUT2D eigenvalue weighted by atomic mass is 9.99. The molecule has 0 spiro atoms. The van der Waals surface area contributed by atoms with Gasteiger partial charge < -0.3 is 15.6 Å². The van der Waals surface area contributed by atoms with E-state index in [4.69, 9.17) is 5.73 Å². The van der Waals surface area contributed by atoms with Crippen molar-refractivity contribution in [1.29, 1.82) is 0 Å². The normalized spacial score (nSPS) is 27.2. The minimum absolute atomic E-state index is 0.00313. The van der Waals surface area contributed by atoms with Crippen LogP contribution in [0.4, 0.5) is 5.69 Å². The average Bonchev–Trinajstić information content (AvgIpc) is 2.94. The Hall–Kier alpha value is -1.49. The summed E-state index contributed by atoms with van der Waals surface area (Å²) < 4.78 is 1.79. The van der Waals surface area contributed by atoms with Crippen LogP contribution in [0.3, 0.4) is 0 Å². The molecular formula is C14H22N4O. The lowest BCUT2D eigenvalue weighted by Crippen LogP contribution is -2.47. The van der Waals surface area contributed by atoms with Crippen molar-refractivity contribution >= 4 is 11.6 Å². The van der Waals surface area contributed by atoms with Gasteiger partial charge in [0.15, 0.2) is 0 Å². The Balaban J connectivity index is 1.68. The van der Waals surface area contributed by atoms with Gasteiger partial charge >= 0.3 is 0 Å². The Morgan fingerprint density at radius 1 is 1.37 bits per heavy atom. The second kappa shape index (κ2) is 4.89. The zero-order chi connectivity index (χ0) is 13.4. The van der Waals surface area contributed by atoms with E-state index in [2.05, 4.69) is 10.2 Å². The van der Waals surface area contributed by atoms with Gasteiger partial charge in [-0.2, -0.15) is 0 Å². The lowest BCUT2D eigenvalue weighted by Gasteiger charge is -2.32. The summed E-state index contributed by atoms with van der Waals surface area (Å²) in [6.07, 6.45) is 6.63. The van der Waals surface area contributed by atoms with E-state index in [1.54, 1.807) is 16.8 Å². The summed E-state index contributed by atoms with van der Waals surface area (Å²) in [5.41, 5.74) is 7.01.